The van der Waals surface area contributed by atoms with Crippen LogP contribution in [-0.2, 0) is 16.5 Å². The molecule has 0 aliphatic carbocycles. The van der Waals surface area contributed by atoms with Crippen molar-refractivity contribution >= 4 is 10.1 Å². The van der Waals surface area contributed by atoms with E-state index >= 15 is 0 Å². The van der Waals surface area contributed by atoms with Gasteiger partial charge in [-0.1, -0.05) is 44.2 Å². The molecule has 1 rings (SSSR count). The zero-order valence-electron chi connectivity index (χ0n) is 8.43. The molecule has 0 unspecified atom stereocenters. The van der Waals surface area contributed by atoms with Crippen LogP contribution in [0.15, 0.2) is 30.3 Å². The molecule has 0 aliphatic rings. The van der Waals surface area contributed by atoms with E-state index in [9.17, 15) is 13.0 Å². The van der Waals surface area contributed by atoms with Gasteiger partial charge in [-0.3, -0.25) is 0 Å². The van der Waals surface area contributed by atoms with Crippen molar-refractivity contribution in [3.05, 3.63) is 35.9 Å². The van der Waals surface area contributed by atoms with E-state index in [1.165, 1.54) is 12.5 Å². The quantitative estimate of drug-likeness (QED) is 0.707. The maximum absolute atomic E-state index is 9.44. The van der Waals surface area contributed by atoms with Crippen molar-refractivity contribution in [2.75, 3.05) is 5.75 Å². The second-order valence-corrected chi connectivity index (χ2v) is 4.38. The lowest BCUT2D eigenvalue weighted by Crippen LogP contribution is -1.98. The van der Waals surface area contributed by atoms with Gasteiger partial charge in [-0.15, -0.1) is 0 Å². The number of rotatable bonds is 2. The van der Waals surface area contributed by atoms with E-state index in [-0.39, 0.29) is 5.75 Å². The molecular formula is C10H15O3S-. The number of hydrogen-bond donors (Lipinski definition) is 0. The lowest BCUT2D eigenvalue weighted by molar-refractivity contribution is 0.464. The summed E-state index contributed by atoms with van der Waals surface area (Å²) >= 11 is 0. The molecule has 1 aromatic rings. The third-order valence-electron chi connectivity index (χ3n) is 1.60. The molecule has 14 heavy (non-hydrogen) atoms. The first kappa shape index (κ1) is 13.1. The van der Waals surface area contributed by atoms with Gasteiger partial charge in [-0.2, -0.15) is 0 Å². The van der Waals surface area contributed by atoms with Gasteiger partial charge in [-0.05, 0) is 12.0 Å². The van der Waals surface area contributed by atoms with E-state index in [1.807, 2.05) is 6.07 Å². The van der Waals surface area contributed by atoms with Crippen molar-refractivity contribution in [1.82, 2.24) is 0 Å². The Balaban J connectivity index is 0.000000255. The monoisotopic (exact) mass is 215 g/mol. The molecule has 0 aromatic heterocycles. The van der Waals surface area contributed by atoms with Gasteiger partial charge in [0.05, 0.1) is 10.1 Å². The van der Waals surface area contributed by atoms with Gasteiger partial charge in [-0.25, -0.2) is 8.42 Å². The zero-order chi connectivity index (χ0) is 11.0. The van der Waals surface area contributed by atoms with Crippen LogP contribution < -0.4 is 0 Å². The molecule has 0 aliphatic heterocycles. The Labute approximate surface area is 85.5 Å². The van der Waals surface area contributed by atoms with Crippen molar-refractivity contribution in [1.29, 1.82) is 0 Å². The van der Waals surface area contributed by atoms with E-state index in [0.717, 1.165) is 6.42 Å². The van der Waals surface area contributed by atoms with Gasteiger partial charge >= 0.3 is 0 Å². The minimum atomic E-state index is -3.91. The van der Waals surface area contributed by atoms with Crippen LogP contribution in [0.2, 0.25) is 0 Å². The van der Waals surface area contributed by atoms with Crippen molar-refractivity contribution in [3.63, 3.8) is 0 Å². The van der Waals surface area contributed by atoms with Crippen LogP contribution in [0.5, 0.6) is 0 Å². The molecule has 80 valence electrons. The molecule has 0 amide bonds. The molecule has 0 heterocycles. The summed E-state index contributed by atoms with van der Waals surface area (Å²) in [5.41, 5.74) is 1.41. The Morgan fingerprint density at radius 1 is 1.14 bits per heavy atom. The van der Waals surface area contributed by atoms with E-state index < -0.39 is 10.1 Å². The molecule has 0 saturated carbocycles. The van der Waals surface area contributed by atoms with E-state index in [4.69, 9.17) is 0 Å². The molecule has 0 saturated heterocycles. The molecule has 4 heteroatoms. The molecule has 0 N–H and O–H groups in total. The second kappa shape index (κ2) is 6.56. The van der Waals surface area contributed by atoms with Gasteiger partial charge < -0.3 is 4.55 Å². The minimum absolute atomic E-state index is 0.312. The molecule has 0 spiro atoms. The van der Waals surface area contributed by atoms with Crippen molar-refractivity contribution in [2.45, 2.75) is 20.3 Å². The van der Waals surface area contributed by atoms with Crippen LogP contribution in [0.4, 0.5) is 0 Å². The summed E-state index contributed by atoms with van der Waals surface area (Å²) < 4.78 is 28.3. The van der Waals surface area contributed by atoms with Gasteiger partial charge in [0.15, 0.2) is 0 Å². The average Bonchev–Trinajstić information content (AvgIpc) is 2.19. The summed E-state index contributed by atoms with van der Waals surface area (Å²) in [6.45, 7) is 3.47. The Morgan fingerprint density at radius 3 is 1.79 bits per heavy atom. The number of benzene rings is 1. The van der Waals surface area contributed by atoms with Crippen molar-refractivity contribution in [3.8, 4) is 0 Å². The summed E-state index contributed by atoms with van der Waals surface area (Å²) in [6.07, 6.45) is 1.14. The van der Waals surface area contributed by atoms with Crippen LogP contribution in [0, 0.1) is 0 Å². The fraction of sp³-hybridized carbons (Fsp3) is 0.400. The summed E-state index contributed by atoms with van der Waals surface area (Å²) in [7, 11) is -3.91. The van der Waals surface area contributed by atoms with E-state index in [2.05, 4.69) is 31.2 Å². The van der Waals surface area contributed by atoms with Crippen molar-refractivity contribution in [2.24, 2.45) is 0 Å². The standard InChI is InChI=1S/C8H10.C2H6O3S/c1-2-8-6-4-3-5-7-8;1-2-6(3,4)5/h3-7H,2H2,1H3;2H2,1H3,(H,3,4,5)/p-1. The Morgan fingerprint density at radius 2 is 1.57 bits per heavy atom. The maximum atomic E-state index is 9.44. The fourth-order valence-corrected chi connectivity index (χ4v) is 0.714. The third-order valence-corrected chi connectivity index (χ3v) is 2.31. The highest BCUT2D eigenvalue weighted by molar-refractivity contribution is 7.85. The lowest BCUT2D eigenvalue weighted by atomic mass is 10.2. The molecule has 0 bridgehead atoms. The summed E-state index contributed by atoms with van der Waals surface area (Å²) in [5.74, 6) is -0.312. The largest absolute Gasteiger partial charge is 0.748 e. The molecule has 3 nitrogen and oxygen atoms in total. The van der Waals surface area contributed by atoms with Crippen LogP contribution in [0.25, 0.3) is 0 Å². The highest BCUT2D eigenvalue weighted by atomic mass is 32.2. The first-order chi connectivity index (χ1) is 6.49. The van der Waals surface area contributed by atoms with E-state index in [0.29, 0.717) is 0 Å². The zero-order valence-corrected chi connectivity index (χ0v) is 9.25. The summed E-state index contributed by atoms with van der Waals surface area (Å²) in [6, 6.07) is 10.5. The smallest absolute Gasteiger partial charge is 0.0943 e. The molecule has 0 atom stereocenters. The number of hydrogen-bond acceptors (Lipinski definition) is 3. The van der Waals surface area contributed by atoms with Crippen LogP contribution >= 0.6 is 0 Å². The second-order valence-electron chi connectivity index (χ2n) is 2.69. The lowest BCUT2D eigenvalue weighted by Gasteiger charge is -1.97. The highest BCUT2D eigenvalue weighted by Gasteiger charge is 1.80. The summed E-state index contributed by atoms with van der Waals surface area (Å²) in [4.78, 5) is 0. The molecular weight excluding hydrogens is 200 g/mol. The van der Waals surface area contributed by atoms with Gasteiger partial charge in [0, 0.05) is 5.75 Å². The predicted molar refractivity (Wildman–Crippen MR) is 56.1 cm³/mol. The highest BCUT2D eigenvalue weighted by Crippen LogP contribution is 1.96. The first-order valence-electron chi connectivity index (χ1n) is 4.47. The summed E-state index contributed by atoms with van der Waals surface area (Å²) in [5, 5.41) is 0. The van der Waals surface area contributed by atoms with Crippen LogP contribution in [0.1, 0.15) is 19.4 Å². The topological polar surface area (TPSA) is 57.2 Å². The molecule has 0 fully saturated rings. The van der Waals surface area contributed by atoms with Gasteiger partial charge in [0.25, 0.3) is 0 Å². The SMILES string of the molecule is CCS(=O)(=O)[O-].CCc1ccccc1. The number of aryl methyl sites for hydroxylation is 1. The Hall–Kier alpha value is -0.870. The van der Waals surface area contributed by atoms with Crippen LogP contribution in [0.3, 0.4) is 0 Å². The molecule has 1 aromatic carbocycles. The van der Waals surface area contributed by atoms with E-state index in [1.54, 1.807) is 0 Å². The first-order valence-corrected chi connectivity index (χ1v) is 6.04. The molecule has 0 radical (unpaired) electrons. The van der Waals surface area contributed by atoms with Crippen molar-refractivity contribution < 1.29 is 13.0 Å². The average molecular weight is 215 g/mol. The van der Waals surface area contributed by atoms with Gasteiger partial charge in [0.2, 0.25) is 0 Å². The fourth-order valence-electron chi connectivity index (χ4n) is 0.714. The normalized spacial score (nSPS) is 10.2. The van der Waals surface area contributed by atoms with Crippen LogP contribution in [-0.4, -0.2) is 18.7 Å². The maximum Gasteiger partial charge on any atom is 0.0943 e. The van der Waals surface area contributed by atoms with Gasteiger partial charge in [0.1, 0.15) is 0 Å². The third kappa shape index (κ3) is 7.76. The predicted octanol–water partition coefficient (Wildman–Crippen LogP) is 1.80. The Kier molecular flexibility index (Phi) is 6.16. The Bertz CT molecular complexity index is 330. The minimum Gasteiger partial charge on any atom is -0.748 e.